The van der Waals surface area contributed by atoms with Gasteiger partial charge in [-0.3, -0.25) is 4.79 Å². The number of carbonyl (C=O) groups excluding carboxylic acids is 1. The van der Waals surface area contributed by atoms with Crippen LogP contribution < -0.4 is 5.43 Å². The Hall–Kier alpha value is -2.57. The minimum absolute atomic E-state index is 0.00612. The number of hydrogen-bond donors (Lipinski definition) is 1. The van der Waals surface area contributed by atoms with Crippen molar-refractivity contribution in [1.82, 2.24) is 25.6 Å². The Bertz CT molecular complexity index is 694. The van der Waals surface area contributed by atoms with E-state index in [1.165, 1.54) is 11.2 Å². The van der Waals surface area contributed by atoms with E-state index in [1.807, 2.05) is 30.3 Å². The summed E-state index contributed by atoms with van der Waals surface area (Å²) in [6, 6.07) is 9.54. The van der Waals surface area contributed by atoms with Gasteiger partial charge in [0, 0.05) is 11.3 Å². The summed E-state index contributed by atoms with van der Waals surface area (Å²) >= 11 is 0. The van der Waals surface area contributed by atoms with Crippen LogP contribution in [0.2, 0.25) is 0 Å². The Morgan fingerprint density at radius 2 is 2.22 bits per heavy atom. The van der Waals surface area contributed by atoms with Gasteiger partial charge in [0.25, 0.3) is 5.91 Å². The lowest BCUT2D eigenvalue weighted by Crippen LogP contribution is -2.26. The lowest BCUT2D eigenvalue weighted by Gasteiger charge is -2.18. The molecule has 1 atom stereocenters. The molecular formula is C16H20N6O. The minimum Gasteiger partial charge on any atom is -0.271 e. The molecule has 7 heteroatoms. The van der Waals surface area contributed by atoms with Gasteiger partial charge in [-0.1, -0.05) is 37.3 Å². The first-order valence-electron chi connectivity index (χ1n) is 7.88. The molecule has 1 fully saturated rings. The van der Waals surface area contributed by atoms with Gasteiger partial charge in [0.1, 0.15) is 6.54 Å². The largest absolute Gasteiger partial charge is 0.271 e. The number of benzene rings is 1. The van der Waals surface area contributed by atoms with Crippen molar-refractivity contribution >= 4 is 11.6 Å². The number of nitrogens with one attached hydrogen (secondary N) is 1. The van der Waals surface area contributed by atoms with Crippen LogP contribution in [-0.4, -0.2) is 31.8 Å². The van der Waals surface area contributed by atoms with Gasteiger partial charge in [0.15, 0.2) is 0 Å². The van der Waals surface area contributed by atoms with E-state index in [9.17, 15) is 4.79 Å². The molecule has 2 aromatic rings. The summed E-state index contributed by atoms with van der Waals surface area (Å²) in [5.41, 5.74) is 4.53. The average Bonchev–Trinajstić information content (AvgIpc) is 3.02. The normalized spacial score (nSPS) is 19.7. The van der Waals surface area contributed by atoms with Crippen LogP contribution >= 0.6 is 0 Å². The molecule has 7 nitrogen and oxygen atoms in total. The zero-order valence-electron chi connectivity index (χ0n) is 13.1. The molecule has 0 unspecified atom stereocenters. The summed E-state index contributed by atoms with van der Waals surface area (Å²) in [7, 11) is 0. The third-order valence-corrected chi connectivity index (χ3v) is 3.85. The Labute approximate surface area is 134 Å². The van der Waals surface area contributed by atoms with Gasteiger partial charge in [-0.25, -0.2) is 5.43 Å². The maximum atomic E-state index is 11.9. The summed E-state index contributed by atoms with van der Waals surface area (Å²) < 4.78 is 0. The van der Waals surface area contributed by atoms with Crippen molar-refractivity contribution in [3.8, 4) is 11.4 Å². The number of hydrazone groups is 1. The second-order valence-corrected chi connectivity index (χ2v) is 5.92. The lowest BCUT2D eigenvalue weighted by molar-refractivity contribution is -0.122. The van der Waals surface area contributed by atoms with E-state index in [-0.39, 0.29) is 12.5 Å². The van der Waals surface area contributed by atoms with E-state index < -0.39 is 0 Å². The van der Waals surface area contributed by atoms with Gasteiger partial charge in [0.05, 0.1) is 0 Å². The highest BCUT2D eigenvalue weighted by Gasteiger charge is 2.14. The molecule has 1 saturated carbocycles. The fourth-order valence-corrected chi connectivity index (χ4v) is 2.68. The van der Waals surface area contributed by atoms with Crippen LogP contribution in [0.1, 0.15) is 32.6 Å². The van der Waals surface area contributed by atoms with Crippen molar-refractivity contribution in [2.75, 3.05) is 0 Å². The molecule has 23 heavy (non-hydrogen) atoms. The fraction of sp³-hybridized carbons (Fsp3) is 0.438. The summed E-state index contributed by atoms with van der Waals surface area (Å²) in [5, 5.41) is 16.3. The van der Waals surface area contributed by atoms with E-state index in [4.69, 9.17) is 0 Å². The highest BCUT2D eigenvalue weighted by atomic mass is 16.2. The zero-order chi connectivity index (χ0) is 16.1. The van der Waals surface area contributed by atoms with Gasteiger partial charge >= 0.3 is 0 Å². The molecule has 0 bridgehead atoms. The predicted octanol–water partition coefficient (Wildman–Crippen LogP) is 2.02. The molecule has 1 aliphatic carbocycles. The second-order valence-electron chi connectivity index (χ2n) is 5.92. The van der Waals surface area contributed by atoms with Crippen LogP contribution in [0, 0.1) is 5.92 Å². The zero-order valence-corrected chi connectivity index (χ0v) is 13.1. The molecule has 0 saturated heterocycles. The smallest absolute Gasteiger partial charge is 0.263 e. The van der Waals surface area contributed by atoms with Crippen LogP contribution in [0.25, 0.3) is 11.4 Å². The van der Waals surface area contributed by atoms with Gasteiger partial charge in [-0.2, -0.15) is 9.90 Å². The van der Waals surface area contributed by atoms with Gasteiger partial charge in [0.2, 0.25) is 5.82 Å². The number of aromatic nitrogens is 4. The highest BCUT2D eigenvalue weighted by molar-refractivity contribution is 5.87. The topological polar surface area (TPSA) is 85.1 Å². The monoisotopic (exact) mass is 312 g/mol. The van der Waals surface area contributed by atoms with Crippen LogP contribution in [0.4, 0.5) is 0 Å². The van der Waals surface area contributed by atoms with Crippen molar-refractivity contribution in [3.63, 3.8) is 0 Å². The number of carbonyl (C=O) groups is 1. The Kier molecular flexibility index (Phi) is 4.75. The van der Waals surface area contributed by atoms with E-state index >= 15 is 0 Å². The Balaban J connectivity index is 1.56. The molecule has 120 valence electrons. The maximum Gasteiger partial charge on any atom is 0.263 e. The van der Waals surface area contributed by atoms with Crippen LogP contribution in [0.5, 0.6) is 0 Å². The van der Waals surface area contributed by atoms with Crippen molar-refractivity contribution in [2.45, 2.75) is 39.2 Å². The predicted molar refractivity (Wildman–Crippen MR) is 86.5 cm³/mol. The second kappa shape index (κ2) is 7.13. The SMILES string of the molecule is C[C@H]1CCC/C(=N\NC(=O)Cn2nnc(-c3ccccc3)n2)C1. The summed E-state index contributed by atoms with van der Waals surface area (Å²) in [6.45, 7) is 2.22. The standard InChI is InChI=1S/C16H20N6O/c1-12-6-5-9-14(10-12)17-18-15(23)11-22-20-16(19-21-22)13-7-3-2-4-8-13/h2-4,7-8,12H,5-6,9-11H2,1H3,(H,18,23)/b17-14+/t12-/m0/s1. The fourth-order valence-electron chi connectivity index (χ4n) is 2.68. The molecule has 0 aliphatic heterocycles. The van der Waals surface area contributed by atoms with Crippen molar-refractivity contribution in [1.29, 1.82) is 0 Å². The van der Waals surface area contributed by atoms with E-state index in [0.29, 0.717) is 11.7 Å². The van der Waals surface area contributed by atoms with Gasteiger partial charge in [-0.15, -0.1) is 10.2 Å². The van der Waals surface area contributed by atoms with Crippen molar-refractivity contribution in [2.24, 2.45) is 11.0 Å². The number of tetrazole rings is 1. The summed E-state index contributed by atoms with van der Waals surface area (Å²) in [5.74, 6) is 0.906. The first-order valence-corrected chi connectivity index (χ1v) is 7.88. The number of rotatable bonds is 4. The minimum atomic E-state index is -0.243. The molecule has 1 aromatic carbocycles. The molecular weight excluding hydrogens is 292 g/mol. The van der Waals surface area contributed by atoms with Crippen LogP contribution in [0.15, 0.2) is 35.4 Å². The maximum absolute atomic E-state index is 11.9. The third kappa shape index (κ3) is 4.21. The summed E-state index contributed by atoms with van der Waals surface area (Å²) in [4.78, 5) is 13.2. The molecule has 1 amide bonds. The van der Waals surface area contributed by atoms with Crippen LogP contribution in [0.3, 0.4) is 0 Å². The lowest BCUT2D eigenvalue weighted by atomic mass is 9.89. The first-order chi connectivity index (χ1) is 11.2. The third-order valence-electron chi connectivity index (χ3n) is 3.85. The number of amides is 1. The molecule has 0 spiro atoms. The number of nitrogens with zero attached hydrogens (tertiary/aromatic N) is 5. The van der Waals surface area contributed by atoms with E-state index in [1.54, 1.807) is 0 Å². The molecule has 1 N–H and O–H groups in total. The first kappa shape index (κ1) is 15.3. The Morgan fingerprint density at radius 1 is 1.39 bits per heavy atom. The van der Waals surface area contributed by atoms with Gasteiger partial charge < -0.3 is 0 Å². The van der Waals surface area contributed by atoms with Crippen molar-refractivity contribution in [3.05, 3.63) is 30.3 Å². The Morgan fingerprint density at radius 3 is 3.00 bits per heavy atom. The molecule has 3 rings (SSSR count). The van der Waals surface area contributed by atoms with Gasteiger partial charge in [-0.05, 0) is 36.8 Å². The number of hydrogen-bond acceptors (Lipinski definition) is 5. The molecule has 0 radical (unpaired) electrons. The van der Waals surface area contributed by atoms with E-state index in [2.05, 4.69) is 32.9 Å². The highest BCUT2D eigenvalue weighted by Crippen LogP contribution is 2.20. The van der Waals surface area contributed by atoms with E-state index in [0.717, 1.165) is 30.5 Å². The molecule has 1 aromatic heterocycles. The summed E-state index contributed by atoms with van der Waals surface area (Å²) in [6.07, 6.45) is 4.30. The van der Waals surface area contributed by atoms with Crippen LogP contribution in [-0.2, 0) is 11.3 Å². The molecule has 1 heterocycles. The van der Waals surface area contributed by atoms with Crippen molar-refractivity contribution < 1.29 is 4.79 Å². The quantitative estimate of drug-likeness (QED) is 0.875. The average molecular weight is 312 g/mol. The molecule has 1 aliphatic rings.